The van der Waals surface area contributed by atoms with Crippen LogP contribution in [0.2, 0.25) is 0 Å². The summed E-state index contributed by atoms with van der Waals surface area (Å²) in [4.78, 5) is 16.7. The average Bonchev–Trinajstić information content (AvgIpc) is 3.48. The maximum absolute atomic E-state index is 12.4. The Hall–Kier alpha value is -3.29. The number of nitrogens with one attached hydrogen (secondary N) is 1. The van der Waals surface area contributed by atoms with Crippen molar-refractivity contribution < 1.29 is 23.2 Å². The van der Waals surface area contributed by atoms with Crippen molar-refractivity contribution in [3.05, 3.63) is 47.5 Å². The third-order valence-electron chi connectivity index (χ3n) is 5.06. The molecule has 1 aliphatic carbocycles. The van der Waals surface area contributed by atoms with E-state index in [0.717, 1.165) is 18.4 Å². The third-order valence-corrected chi connectivity index (χ3v) is 5.06. The molecule has 0 radical (unpaired) electrons. The van der Waals surface area contributed by atoms with Crippen LogP contribution in [-0.2, 0) is 17.6 Å². The van der Waals surface area contributed by atoms with Crippen molar-refractivity contribution in [3.63, 3.8) is 0 Å². The Morgan fingerprint density at radius 2 is 2.10 bits per heavy atom. The van der Waals surface area contributed by atoms with Gasteiger partial charge in [0.05, 0.1) is 26.5 Å². The van der Waals surface area contributed by atoms with Gasteiger partial charge in [0.25, 0.3) is 0 Å². The van der Waals surface area contributed by atoms with Gasteiger partial charge in [-0.1, -0.05) is 5.16 Å². The Kier molecular flexibility index (Phi) is 5.50. The summed E-state index contributed by atoms with van der Waals surface area (Å²) in [5.74, 6) is 2.87. The van der Waals surface area contributed by atoms with E-state index in [1.807, 2.05) is 12.1 Å². The van der Waals surface area contributed by atoms with Crippen LogP contribution in [0.5, 0.6) is 11.5 Å². The van der Waals surface area contributed by atoms with Crippen LogP contribution in [-0.4, -0.2) is 30.3 Å². The minimum atomic E-state index is -0.00809. The number of aryl methyl sites for hydroxylation is 2. The minimum absolute atomic E-state index is 0.00316. The van der Waals surface area contributed by atoms with Crippen LogP contribution in [0.3, 0.4) is 0 Å². The molecule has 0 saturated carbocycles. The molecular formula is C21H23N3O5. The molecule has 0 saturated heterocycles. The standard InChI is InChI=1S/C21H23N3O5/c1-26-17-11-13-8-9-15(14(13)12-18(17)27-2)22-19(25)6-3-7-20-23-21(24-29-20)16-5-4-10-28-16/h4-5,10-12,15H,3,6-9H2,1-2H3,(H,22,25)/t15-/m1/s1. The van der Waals surface area contributed by atoms with Gasteiger partial charge in [-0.25, -0.2) is 0 Å². The number of amides is 1. The Bertz CT molecular complexity index is 980. The van der Waals surface area contributed by atoms with Crippen molar-refractivity contribution in [1.29, 1.82) is 0 Å². The van der Waals surface area contributed by atoms with Crippen LogP contribution in [0.4, 0.5) is 0 Å². The molecule has 152 valence electrons. The number of hydrogen-bond acceptors (Lipinski definition) is 7. The van der Waals surface area contributed by atoms with Gasteiger partial charge >= 0.3 is 0 Å². The maximum atomic E-state index is 12.4. The van der Waals surface area contributed by atoms with Crippen LogP contribution in [0, 0.1) is 0 Å². The monoisotopic (exact) mass is 397 g/mol. The molecule has 8 heteroatoms. The molecule has 1 aromatic carbocycles. The van der Waals surface area contributed by atoms with Gasteiger partial charge in [-0.3, -0.25) is 4.79 Å². The number of carbonyl (C=O) groups is 1. The lowest BCUT2D eigenvalue weighted by molar-refractivity contribution is -0.121. The van der Waals surface area contributed by atoms with Gasteiger partial charge < -0.3 is 23.7 Å². The molecule has 4 rings (SSSR count). The van der Waals surface area contributed by atoms with E-state index in [1.54, 1.807) is 32.6 Å². The summed E-state index contributed by atoms with van der Waals surface area (Å²) in [7, 11) is 3.24. The van der Waals surface area contributed by atoms with Crippen molar-refractivity contribution in [3.8, 4) is 23.1 Å². The Balaban J connectivity index is 1.30. The molecular weight excluding hydrogens is 374 g/mol. The highest BCUT2D eigenvalue weighted by Gasteiger charge is 2.26. The van der Waals surface area contributed by atoms with Crippen LogP contribution in [0.1, 0.15) is 42.3 Å². The van der Waals surface area contributed by atoms with Crippen molar-refractivity contribution in [2.45, 2.75) is 38.1 Å². The van der Waals surface area contributed by atoms with Gasteiger partial charge in [0.2, 0.25) is 17.6 Å². The minimum Gasteiger partial charge on any atom is -0.493 e. The highest BCUT2D eigenvalue weighted by Crippen LogP contribution is 2.39. The molecule has 2 aromatic heterocycles. The van der Waals surface area contributed by atoms with Crippen LogP contribution < -0.4 is 14.8 Å². The third kappa shape index (κ3) is 4.11. The fourth-order valence-corrected chi connectivity index (χ4v) is 3.61. The van der Waals surface area contributed by atoms with Gasteiger partial charge in [-0.05, 0) is 54.7 Å². The molecule has 0 aliphatic heterocycles. The number of aromatic nitrogens is 2. The summed E-state index contributed by atoms with van der Waals surface area (Å²) >= 11 is 0. The normalized spacial score (nSPS) is 15.2. The first-order chi connectivity index (χ1) is 14.2. The lowest BCUT2D eigenvalue weighted by Gasteiger charge is -2.16. The second kappa shape index (κ2) is 8.38. The van der Waals surface area contributed by atoms with Gasteiger partial charge in [-0.2, -0.15) is 4.98 Å². The predicted molar refractivity (Wildman–Crippen MR) is 104 cm³/mol. The van der Waals surface area contributed by atoms with Crippen molar-refractivity contribution >= 4 is 5.91 Å². The number of ether oxygens (including phenoxy) is 2. The van der Waals surface area contributed by atoms with Crippen molar-refractivity contribution in [2.24, 2.45) is 0 Å². The second-order valence-electron chi connectivity index (χ2n) is 6.91. The highest BCUT2D eigenvalue weighted by atomic mass is 16.5. The van der Waals surface area contributed by atoms with Crippen molar-refractivity contribution in [2.75, 3.05) is 14.2 Å². The van der Waals surface area contributed by atoms with E-state index >= 15 is 0 Å². The van der Waals surface area contributed by atoms with E-state index in [9.17, 15) is 4.79 Å². The van der Waals surface area contributed by atoms with E-state index in [-0.39, 0.29) is 11.9 Å². The Labute approximate surface area is 168 Å². The summed E-state index contributed by atoms with van der Waals surface area (Å²) < 4.78 is 21.2. The van der Waals surface area contributed by atoms with E-state index in [1.165, 1.54) is 5.56 Å². The number of methoxy groups -OCH3 is 2. The Morgan fingerprint density at radius 3 is 2.86 bits per heavy atom. The number of hydrogen-bond donors (Lipinski definition) is 1. The summed E-state index contributed by atoms with van der Waals surface area (Å²) in [6, 6.07) is 7.48. The Morgan fingerprint density at radius 1 is 1.28 bits per heavy atom. The lowest BCUT2D eigenvalue weighted by atomic mass is 10.1. The quantitative estimate of drug-likeness (QED) is 0.621. The lowest BCUT2D eigenvalue weighted by Crippen LogP contribution is -2.27. The smallest absolute Gasteiger partial charge is 0.238 e. The molecule has 0 bridgehead atoms. The number of rotatable bonds is 8. The molecule has 0 unspecified atom stereocenters. The van der Waals surface area contributed by atoms with Gasteiger partial charge in [0.1, 0.15) is 0 Å². The number of fused-ring (bicyclic) bond motifs is 1. The molecule has 3 aromatic rings. The van der Waals surface area contributed by atoms with Gasteiger partial charge in [0, 0.05) is 12.8 Å². The molecule has 1 N–H and O–H groups in total. The summed E-state index contributed by atoms with van der Waals surface area (Å²) in [6.07, 6.45) is 4.87. The molecule has 1 atom stereocenters. The first-order valence-corrected chi connectivity index (χ1v) is 9.58. The summed E-state index contributed by atoms with van der Waals surface area (Å²) in [5.41, 5.74) is 2.28. The number of nitrogens with zero attached hydrogens (tertiary/aromatic N) is 2. The maximum Gasteiger partial charge on any atom is 0.238 e. The number of furan rings is 1. The van der Waals surface area contributed by atoms with Crippen molar-refractivity contribution in [1.82, 2.24) is 15.5 Å². The molecule has 0 fully saturated rings. The molecule has 0 spiro atoms. The molecule has 29 heavy (non-hydrogen) atoms. The van der Waals surface area contributed by atoms with Crippen LogP contribution in [0.25, 0.3) is 11.6 Å². The number of carbonyl (C=O) groups excluding carboxylic acids is 1. The van der Waals surface area contributed by atoms with Gasteiger partial charge in [0.15, 0.2) is 17.3 Å². The van der Waals surface area contributed by atoms with Crippen LogP contribution in [0.15, 0.2) is 39.5 Å². The van der Waals surface area contributed by atoms with E-state index in [0.29, 0.717) is 48.2 Å². The zero-order valence-corrected chi connectivity index (χ0v) is 16.4. The van der Waals surface area contributed by atoms with E-state index in [2.05, 4.69) is 15.5 Å². The van der Waals surface area contributed by atoms with Gasteiger partial charge in [-0.15, -0.1) is 0 Å². The fourth-order valence-electron chi connectivity index (χ4n) is 3.61. The zero-order chi connectivity index (χ0) is 20.2. The topological polar surface area (TPSA) is 99.6 Å². The van der Waals surface area contributed by atoms with Crippen LogP contribution >= 0.6 is 0 Å². The first kappa shape index (κ1) is 19.0. The molecule has 8 nitrogen and oxygen atoms in total. The van der Waals surface area contributed by atoms with E-state index < -0.39 is 0 Å². The SMILES string of the molecule is COc1cc2c(cc1OC)[C@H](NC(=O)CCCc1nc(-c3ccco3)no1)CC2. The largest absolute Gasteiger partial charge is 0.493 e. The first-order valence-electron chi connectivity index (χ1n) is 9.58. The second-order valence-corrected chi connectivity index (χ2v) is 6.91. The highest BCUT2D eigenvalue weighted by molar-refractivity contribution is 5.76. The molecule has 1 amide bonds. The number of benzene rings is 1. The summed E-state index contributed by atoms with van der Waals surface area (Å²) in [5, 5.41) is 7.01. The predicted octanol–water partition coefficient (Wildman–Crippen LogP) is 3.47. The zero-order valence-electron chi connectivity index (χ0n) is 16.4. The fraction of sp³-hybridized carbons (Fsp3) is 0.381. The molecule has 2 heterocycles. The van der Waals surface area contributed by atoms with E-state index in [4.69, 9.17) is 18.4 Å². The molecule has 1 aliphatic rings. The average molecular weight is 397 g/mol. The summed E-state index contributed by atoms with van der Waals surface area (Å²) in [6.45, 7) is 0.